The molecule has 3 aromatic rings. The molecule has 0 bridgehead atoms. The molecule has 1 amide bonds. The third kappa shape index (κ3) is 3.77. The first-order valence-electron chi connectivity index (χ1n) is 9.39. The van der Waals surface area contributed by atoms with E-state index in [-0.39, 0.29) is 11.7 Å². The Morgan fingerprint density at radius 1 is 1.23 bits per heavy atom. The Hall–Kier alpha value is -2.57. The van der Waals surface area contributed by atoms with Crippen LogP contribution in [0.4, 0.5) is 5.82 Å². The van der Waals surface area contributed by atoms with E-state index < -0.39 is 31.1 Å². The minimum absolute atomic E-state index is 0.232. The summed E-state index contributed by atoms with van der Waals surface area (Å²) in [7, 11) is 0. The fourth-order valence-electron chi connectivity index (χ4n) is 3.24. The van der Waals surface area contributed by atoms with Gasteiger partial charge in [-0.2, -0.15) is 0 Å². The van der Waals surface area contributed by atoms with Gasteiger partial charge in [-0.1, -0.05) is 36.9 Å². The molecule has 0 aliphatic carbocycles. The number of rotatable bonds is 6. The molecule has 0 spiro atoms. The summed E-state index contributed by atoms with van der Waals surface area (Å²) in [5.74, 6) is 0.598. The maximum Gasteiger partial charge on any atom is 0.256 e. The highest BCUT2D eigenvalue weighted by atomic mass is 32.2. The third-order valence-corrected chi connectivity index (χ3v) is 5.46. The zero-order valence-electron chi connectivity index (χ0n) is 16.0. The second kappa shape index (κ2) is 8.66. The Bertz CT molecular complexity index is 1050. The van der Waals surface area contributed by atoms with Gasteiger partial charge in [0.1, 0.15) is 18.3 Å². The Morgan fingerprint density at radius 3 is 2.67 bits per heavy atom. The zero-order chi connectivity index (χ0) is 21.3. The Kier molecular flexibility index (Phi) is 5.97. The quantitative estimate of drug-likeness (QED) is 0.329. The number of nitrogens with one attached hydrogen (secondary N) is 1. The van der Waals surface area contributed by atoms with Gasteiger partial charge in [-0.3, -0.25) is 9.36 Å². The molecule has 30 heavy (non-hydrogen) atoms. The lowest BCUT2D eigenvalue weighted by Gasteiger charge is -2.17. The smallest absolute Gasteiger partial charge is 0.256 e. The Balaban J connectivity index is 1.74. The van der Waals surface area contributed by atoms with Crippen molar-refractivity contribution < 1.29 is 24.9 Å². The van der Waals surface area contributed by atoms with Crippen molar-refractivity contribution in [2.45, 2.75) is 36.6 Å². The summed E-state index contributed by atoms with van der Waals surface area (Å²) in [6.45, 7) is 1.51. The molecule has 1 aliphatic heterocycles. The molecule has 11 heteroatoms. The number of fused-ring (bicyclic) bond motifs is 1. The first-order valence-corrected chi connectivity index (χ1v) is 10.4. The molecule has 1 aliphatic rings. The van der Waals surface area contributed by atoms with E-state index in [1.165, 1.54) is 22.7 Å². The molecule has 4 rings (SSSR count). The van der Waals surface area contributed by atoms with Gasteiger partial charge in [-0.25, -0.2) is 15.0 Å². The fourth-order valence-corrected chi connectivity index (χ4v) is 3.81. The van der Waals surface area contributed by atoms with Gasteiger partial charge in [-0.05, 0) is 17.9 Å². The molecule has 3 heterocycles. The van der Waals surface area contributed by atoms with Crippen molar-refractivity contribution in [3.05, 3.63) is 42.2 Å². The van der Waals surface area contributed by atoms with E-state index in [9.17, 15) is 20.1 Å². The minimum atomic E-state index is -1.28. The normalized spacial score (nSPS) is 23.7. The standard InChI is InChI=1S/C19H21N5O5S/c1-2-30-19-22-15(21-17(28)10-6-4-3-5-7-10)12-16(23-19)24(9-20-12)18-14(27)13(26)11(8-25)29-18/h3-7,9,11,13-14,18,25-27H,2,8H2,1H3,(H,21,22,23,28)/t11-,13-,14-,18-/m1/s1. The number of hydrogen-bond acceptors (Lipinski definition) is 9. The number of aliphatic hydroxyl groups excluding tert-OH is 3. The summed E-state index contributed by atoms with van der Waals surface area (Å²) in [5, 5.41) is 33.0. The number of amides is 1. The van der Waals surface area contributed by atoms with Crippen LogP contribution < -0.4 is 5.32 Å². The zero-order valence-corrected chi connectivity index (χ0v) is 16.9. The molecule has 1 fully saturated rings. The molecule has 1 saturated heterocycles. The molecule has 158 valence electrons. The van der Waals surface area contributed by atoms with Gasteiger partial charge in [0.25, 0.3) is 5.91 Å². The maximum atomic E-state index is 12.6. The summed E-state index contributed by atoms with van der Waals surface area (Å²) in [5.41, 5.74) is 1.12. The minimum Gasteiger partial charge on any atom is -0.394 e. The van der Waals surface area contributed by atoms with Crippen molar-refractivity contribution in [2.24, 2.45) is 0 Å². The lowest BCUT2D eigenvalue weighted by Crippen LogP contribution is -2.33. The molecule has 0 radical (unpaired) electrons. The Morgan fingerprint density at radius 2 is 2.00 bits per heavy atom. The Labute approximate surface area is 175 Å². The number of carbonyl (C=O) groups excluding carboxylic acids is 1. The average molecular weight is 431 g/mol. The van der Waals surface area contributed by atoms with E-state index >= 15 is 0 Å². The van der Waals surface area contributed by atoms with Crippen molar-refractivity contribution in [1.29, 1.82) is 0 Å². The van der Waals surface area contributed by atoms with Crippen molar-refractivity contribution in [1.82, 2.24) is 19.5 Å². The van der Waals surface area contributed by atoms with Gasteiger partial charge in [0.2, 0.25) is 0 Å². The van der Waals surface area contributed by atoms with E-state index in [1.807, 2.05) is 13.0 Å². The van der Waals surface area contributed by atoms with Crippen LogP contribution in [-0.4, -0.2) is 71.4 Å². The van der Waals surface area contributed by atoms with Gasteiger partial charge >= 0.3 is 0 Å². The summed E-state index contributed by atoms with van der Waals surface area (Å²) in [6, 6.07) is 8.72. The van der Waals surface area contributed by atoms with Crippen LogP contribution in [0.1, 0.15) is 23.5 Å². The number of aromatic nitrogens is 4. The molecule has 0 saturated carbocycles. The van der Waals surface area contributed by atoms with Crippen LogP contribution in [0.5, 0.6) is 0 Å². The molecular weight excluding hydrogens is 410 g/mol. The molecule has 4 atom stereocenters. The highest BCUT2D eigenvalue weighted by Gasteiger charge is 2.44. The first-order chi connectivity index (χ1) is 14.5. The largest absolute Gasteiger partial charge is 0.394 e. The van der Waals surface area contributed by atoms with Gasteiger partial charge in [0.05, 0.1) is 12.9 Å². The van der Waals surface area contributed by atoms with Crippen LogP contribution in [0.3, 0.4) is 0 Å². The van der Waals surface area contributed by atoms with Crippen molar-refractivity contribution in [3.8, 4) is 0 Å². The number of hydrogen-bond donors (Lipinski definition) is 4. The number of benzene rings is 1. The van der Waals surface area contributed by atoms with Crippen LogP contribution >= 0.6 is 11.8 Å². The molecule has 0 unspecified atom stereocenters. The van der Waals surface area contributed by atoms with E-state index in [0.29, 0.717) is 27.6 Å². The predicted octanol–water partition coefficient (Wildman–Crippen LogP) is 0.802. The number of thioether (sulfide) groups is 1. The molecule has 2 aromatic heterocycles. The molecule has 4 N–H and O–H groups in total. The molecular formula is C19H21N5O5S. The van der Waals surface area contributed by atoms with Crippen molar-refractivity contribution in [2.75, 3.05) is 17.7 Å². The summed E-state index contributed by atoms with van der Waals surface area (Å²) in [4.78, 5) is 25.8. The third-order valence-electron chi connectivity index (χ3n) is 4.73. The number of imidazole rings is 1. The van der Waals surface area contributed by atoms with Gasteiger partial charge in [-0.15, -0.1) is 0 Å². The monoisotopic (exact) mass is 431 g/mol. The second-order valence-corrected chi connectivity index (χ2v) is 7.89. The summed E-state index contributed by atoms with van der Waals surface area (Å²) >= 11 is 1.38. The van der Waals surface area contributed by atoms with Gasteiger partial charge < -0.3 is 25.4 Å². The SMILES string of the molecule is CCSc1nc(NC(=O)c2ccccc2)c2ncn([C@@H]3O[C@H](CO)[C@@H](O)[C@H]3O)c2n1. The van der Waals surface area contributed by atoms with Crippen LogP contribution in [0.2, 0.25) is 0 Å². The lowest BCUT2D eigenvalue weighted by atomic mass is 10.1. The van der Waals surface area contributed by atoms with Gasteiger partial charge in [0, 0.05) is 5.56 Å². The maximum absolute atomic E-state index is 12.6. The van der Waals surface area contributed by atoms with Crippen molar-refractivity contribution in [3.63, 3.8) is 0 Å². The fraction of sp³-hybridized carbons (Fsp3) is 0.368. The first kappa shape index (κ1) is 20.7. The highest BCUT2D eigenvalue weighted by Crippen LogP contribution is 2.33. The summed E-state index contributed by atoms with van der Waals surface area (Å²) < 4.78 is 7.07. The topological polar surface area (TPSA) is 143 Å². The van der Waals surface area contributed by atoms with Crippen molar-refractivity contribution >= 4 is 34.7 Å². The lowest BCUT2D eigenvalue weighted by molar-refractivity contribution is -0.0511. The van der Waals surface area contributed by atoms with Gasteiger partial charge in [0.15, 0.2) is 28.4 Å². The van der Waals surface area contributed by atoms with Crippen LogP contribution in [-0.2, 0) is 4.74 Å². The van der Waals surface area contributed by atoms with Crippen LogP contribution in [0, 0.1) is 0 Å². The predicted molar refractivity (Wildman–Crippen MR) is 109 cm³/mol. The highest BCUT2D eigenvalue weighted by molar-refractivity contribution is 7.99. The van der Waals surface area contributed by atoms with Crippen LogP contribution in [0.25, 0.3) is 11.2 Å². The second-order valence-electron chi connectivity index (χ2n) is 6.66. The number of anilines is 1. The van der Waals surface area contributed by atoms with E-state index in [1.54, 1.807) is 24.3 Å². The average Bonchev–Trinajstić information content (AvgIpc) is 3.30. The number of carbonyl (C=O) groups is 1. The number of nitrogens with zero attached hydrogens (tertiary/aromatic N) is 4. The number of aliphatic hydroxyl groups is 3. The molecule has 1 aromatic carbocycles. The molecule has 10 nitrogen and oxygen atoms in total. The van der Waals surface area contributed by atoms with E-state index in [0.717, 1.165) is 0 Å². The van der Waals surface area contributed by atoms with E-state index in [2.05, 4.69) is 20.3 Å². The van der Waals surface area contributed by atoms with Crippen LogP contribution in [0.15, 0.2) is 41.8 Å². The summed E-state index contributed by atoms with van der Waals surface area (Å²) in [6.07, 6.45) is -3.04. The number of ether oxygens (including phenoxy) is 1. The van der Waals surface area contributed by atoms with E-state index in [4.69, 9.17) is 4.74 Å².